The number of benzene rings is 1. The molecule has 0 fully saturated rings. The van der Waals surface area contributed by atoms with Gasteiger partial charge in [-0.05, 0) is 31.0 Å². The van der Waals surface area contributed by atoms with E-state index < -0.39 is 23.8 Å². The van der Waals surface area contributed by atoms with Gasteiger partial charge in [0.2, 0.25) is 12.7 Å². The first-order valence-electron chi connectivity index (χ1n) is 7.32. The van der Waals surface area contributed by atoms with Gasteiger partial charge in [0.15, 0.2) is 11.5 Å². The van der Waals surface area contributed by atoms with E-state index in [9.17, 15) is 14.4 Å². The number of hydrogen-bond acceptors (Lipinski definition) is 5. The van der Waals surface area contributed by atoms with Gasteiger partial charge >= 0.3 is 5.97 Å². The molecule has 0 saturated heterocycles. The summed E-state index contributed by atoms with van der Waals surface area (Å²) in [5, 5.41) is 13.8. The monoisotopic (exact) mass is 334 g/mol. The van der Waals surface area contributed by atoms with Gasteiger partial charge in [-0.15, -0.1) is 6.58 Å². The first-order chi connectivity index (χ1) is 11.5. The zero-order chi connectivity index (χ0) is 17.5. The molecule has 0 aromatic heterocycles. The Morgan fingerprint density at radius 1 is 1.29 bits per heavy atom. The maximum absolute atomic E-state index is 12.0. The third-order valence-electron chi connectivity index (χ3n) is 3.34. The molecule has 128 valence electrons. The van der Waals surface area contributed by atoms with E-state index in [4.69, 9.17) is 14.6 Å². The average Bonchev–Trinajstić information content (AvgIpc) is 3.03. The molecule has 0 bridgehead atoms. The van der Waals surface area contributed by atoms with E-state index in [2.05, 4.69) is 17.2 Å². The average molecular weight is 334 g/mol. The molecule has 3 N–H and O–H groups in total. The lowest BCUT2D eigenvalue weighted by Crippen LogP contribution is -2.45. The Balaban J connectivity index is 1.85. The standard InChI is InChI=1S/C16H18N2O6/c1-2-3-4-11(16(21)22)18-14(19)8-17-15(20)10-5-6-12-13(7-10)24-9-23-12/h2,5-7,11H,1,3-4,8-9H2,(H,17,20)(H,18,19)(H,21,22). The molecule has 0 radical (unpaired) electrons. The Morgan fingerprint density at radius 3 is 2.75 bits per heavy atom. The minimum atomic E-state index is -1.13. The lowest BCUT2D eigenvalue weighted by molar-refractivity contribution is -0.141. The van der Waals surface area contributed by atoms with Crippen molar-refractivity contribution in [3.63, 3.8) is 0 Å². The molecule has 1 atom stereocenters. The van der Waals surface area contributed by atoms with Crippen LogP contribution in [0.15, 0.2) is 30.9 Å². The van der Waals surface area contributed by atoms with Gasteiger partial charge in [0.25, 0.3) is 5.91 Å². The maximum atomic E-state index is 12.0. The Hall–Kier alpha value is -3.03. The summed E-state index contributed by atoms with van der Waals surface area (Å²) in [6.45, 7) is 3.28. The highest BCUT2D eigenvalue weighted by molar-refractivity contribution is 5.97. The third kappa shape index (κ3) is 4.48. The van der Waals surface area contributed by atoms with Crippen LogP contribution in [0.25, 0.3) is 0 Å². The molecule has 1 aliphatic rings. The zero-order valence-electron chi connectivity index (χ0n) is 12.9. The number of ether oxygens (including phenoxy) is 2. The highest BCUT2D eigenvalue weighted by atomic mass is 16.7. The molecule has 2 amide bonds. The van der Waals surface area contributed by atoms with E-state index in [1.54, 1.807) is 18.2 Å². The third-order valence-corrected chi connectivity index (χ3v) is 3.34. The summed E-state index contributed by atoms with van der Waals surface area (Å²) in [7, 11) is 0. The molecule has 1 aromatic rings. The summed E-state index contributed by atoms with van der Waals surface area (Å²) in [6, 6.07) is 3.65. The van der Waals surface area contributed by atoms with Gasteiger partial charge < -0.3 is 25.2 Å². The summed E-state index contributed by atoms with van der Waals surface area (Å²) < 4.78 is 10.3. The number of nitrogens with one attached hydrogen (secondary N) is 2. The van der Waals surface area contributed by atoms with Gasteiger partial charge in [-0.1, -0.05) is 6.08 Å². The molecule has 1 aromatic carbocycles. The Labute approximate surface area is 138 Å². The molecule has 2 rings (SSSR count). The fraction of sp³-hybridized carbons (Fsp3) is 0.312. The van der Waals surface area contributed by atoms with Crippen LogP contribution in [0.5, 0.6) is 11.5 Å². The van der Waals surface area contributed by atoms with Gasteiger partial charge in [-0.3, -0.25) is 9.59 Å². The Kier molecular flexibility index (Phi) is 5.78. The van der Waals surface area contributed by atoms with Crippen molar-refractivity contribution < 1.29 is 29.0 Å². The molecule has 1 aliphatic heterocycles. The van der Waals surface area contributed by atoms with Crippen LogP contribution in [0, 0.1) is 0 Å². The number of allylic oxidation sites excluding steroid dienone is 1. The fourth-order valence-electron chi connectivity index (χ4n) is 2.09. The highest BCUT2D eigenvalue weighted by Crippen LogP contribution is 2.32. The summed E-state index contributed by atoms with van der Waals surface area (Å²) >= 11 is 0. The second kappa shape index (κ2) is 8.00. The number of aliphatic carboxylic acids is 1. The highest BCUT2D eigenvalue weighted by Gasteiger charge is 2.20. The number of hydrogen-bond donors (Lipinski definition) is 3. The number of rotatable bonds is 8. The van der Waals surface area contributed by atoms with Crippen molar-refractivity contribution in [3.8, 4) is 11.5 Å². The van der Waals surface area contributed by atoms with Gasteiger partial charge in [0.05, 0.1) is 6.54 Å². The van der Waals surface area contributed by atoms with Crippen LogP contribution in [-0.2, 0) is 9.59 Å². The Morgan fingerprint density at radius 2 is 2.04 bits per heavy atom. The van der Waals surface area contributed by atoms with Gasteiger partial charge in [0, 0.05) is 5.56 Å². The predicted molar refractivity (Wildman–Crippen MR) is 83.9 cm³/mol. The number of carbonyl (C=O) groups is 3. The molecule has 0 aliphatic carbocycles. The van der Waals surface area contributed by atoms with Crippen LogP contribution >= 0.6 is 0 Å². The molecule has 0 saturated carbocycles. The lowest BCUT2D eigenvalue weighted by atomic mass is 10.1. The summed E-state index contributed by atoms with van der Waals surface area (Å²) in [6.07, 6.45) is 2.27. The van der Waals surface area contributed by atoms with Crippen LogP contribution in [-0.4, -0.2) is 42.3 Å². The second-order valence-electron chi connectivity index (χ2n) is 5.08. The van der Waals surface area contributed by atoms with Crippen LogP contribution in [0.4, 0.5) is 0 Å². The van der Waals surface area contributed by atoms with Crippen molar-refractivity contribution in [2.45, 2.75) is 18.9 Å². The van der Waals surface area contributed by atoms with Crippen molar-refractivity contribution in [2.24, 2.45) is 0 Å². The van der Waals surface area contributed by atoms with Crippen LogP contribution in [0.1, 0.15) is 23.2 Å². The molecule has 0 spiro atoms. The zero-order valence-corrected chi connectivity index (χ0v) is 12.9. The number of carboxylic acid groups (broad SMARTS) is 1. The SMILES string of the molecule is C=CCCC(NC(=O)CNC(=O)c1ccc2c(c1)OCO2)C(=O)O. The number of amides is 2. The number of fused-ring (bicyclic) bond motifs is 1. The summed E-state index contributed by atoms with van der Waals surface area (Å²) in [5.41, 5.74) is 0.313. The summed E-state index contributed by atoms with van der Waals surface area (Å²) in [5.74, 6) is -1.17. The number of carboxylic acids is 1. The van der Waals surface area contributed by atoms with E-state index in [1.807, 2.05) is 0 Å². The molecule has 24 heavy (non-hydrogen) atoms. The predicted octanol–water partition coefficient (Wildman–Crippen LogP) is 0.681. The molecular weight excluding hydrogens is 316 g/mol. The van der Waals surface area contributed by atoms with Crippen LogP contribution < -0.4 is 20.1 Å². The van der Waals surface area contributed by atoms with Crippen molar-refractivity contribution in [1.29, 1.82) is 0 Å². The van der Waals surface area contributed by atoms with E-state index in [1.165, 1.54) is 6.07 Å². The largest absolute Gasteiger partial charge is 0.480 e. The first kappa shape index (κ1) is 17.3. The lowest BCUT2D eigenvalue weighted by Gasteiger charge is -2.14. The van der Waals surface area contributed by atoms with Gasteiger partial charge in [0.1, 0.15) is 6.04 Å². The molecule has 8 nitrogen and oxygen atoms in total. The van der Waals surface area contributed by atoms with E-state index in [0.29, 0.717) is 23.5 Å². The molecular formula is C16H18N2O6. The van der Waals surface area contributed by atoms with Crippen molar-refractivity contribution in [2.75, 3.05) is 13.3 Å². The normalized spacial score (nSPS) is 13.0. The van der Waals surface area contributed by atoms with Crippen molar-refractivity contribution in [3.05, 3.63) is 36.4 Å². The molecule has 8 heteroatoms. The van der Waals surface area contributed by atoms with Crippen molar-refractivity contribution >= 4 is 17.8 Å². The quantitative estimate of drug-likeness (QED) is 0.603. The Bertz CT molecular complexity index is 658. The maximum Gasteiger partial charge on any atom is 0.326 e. The van der Waals surface area contributed by atoms with E-state index in [0.717, 1.165) is 0 Å². The summed E-state index contributed by atoms with van der Waals surface area (Å²) in [4.78, 5) is 34.9. The smallest absolute Gasteiger partial charge is 0.326 e. The second-order valence-corrected chi connectivity index (χ2v) is 5.08. The van der Waals surface area contributed by atoms with E-state index in [-0.39, 0.29) is 19.8 Å². The van der Waals surface area contributed by atoms with E-state index >= 15 is 0 Å². The first-order valence-corrected chi connectivity index (χ1v) is 7.32. The van der Waals surface area contributed by atoms with Crippen LogP contribution in [0.3, 0.4) is 0 Å². The fourth-order valence-corrected chi connectivity index (χ4v) is 2.09. The van der Waals surface area contributed by atoms with Gasteiger partial charge in [-0.25, -0.2) is 4.79 Å². The molecule has 1 unspecified atom stereocenters. The van der Waals surface area contributed by atoms with Crippen molar-refractivity contribution in [1.82, 2.24) is 10.6 Å². The topological polar surface area (TPSA) is 114 Å². The minimum absolute atomic E-state index is 0.101. The molecule has 1 heterocycles. The minimum Gasteiger partial charge on any atom is -0.480 e. The number of carbonyl (C=O) groups excluding carboxylic acids is 2. The van der Waals surface area contributed by atoms with Crippen LogP contribution in [0.2, 0.25) is 0 Å². The van der Waals surface area contributed by atoms with Gasteiger partial charge in [-0.2, -0.15) is 0 Å².